The molecule has 1 unspecified atom stereocenters. The Hall–Kier alpha value is -3.17. The molecule has 0 aliphatic heterocycles. The summed E-state index contributed by atoms with van der Waals surface area (Å²) >= 11 is 0. The highest BCUT2D eigenvalue weighted by molar-refractivity contribution is 5.88. The van der Waals surface area contributed by atoms with Crippen LogP contribution in [0.2, 0.25) is 0 Å². The number of carbonyl (C=O) groups excluding carboxylic acids is 3. The number of methoxy groups -OCH3 is 1. The molecule has 0 aromatic heterocycles. The maximum Gasteiger partial charge on any atom is 0.408 e. The van der Waals surface area contributed by atoms with E-state index in [0.29, 0.717) is 5.56 Å². The molecule has 0 saturated carbocycles. The van der Waals surface area contributed by atoms with Gasteiger partial charge < -0.3 is 20.1 Å². The molecule has 148 valence electrons. The van der Waals surface area contributed by atoms with Crippen LogP contribution in [0.3, 0.4) is 0 Å². The summed E-state index contributed by atoms with van der Waals surface area (Å²) in [7, 11) is 1.18. The molecular weight excluding hydrogens is 358 g/mol. The summed E-state index contributed by atoms with van der Waals surface area (Å²) in [6.07, 6.45) is -0.757. The number of nitro groups is 1. The van der Waals surface area contributed by atoms with Gasteiger partial charge in [0.05, 0.1) is 12.0 Å². The van der Waals surface area contributed by atoms with Gasteiger partial charge in [-0.2, -0.15) is 0 Å². The zero-order valence-corrected chi connectivity index (χ0v) is 15.6. The molecule has 1 rings (SSSR count). The number of benzene rings is 1. The van der Waals surface area contributed by atoms with Gasteiger partial charge in [-0.15, -0.1) is 0 Å². The topological polar surface area (TPSA) is 137 Å². The predicted molar refractivity (Wildman–Crippen MR) is 95.0 cm³/mol. The van der Waals surface area contributed by atoms with Gasteiger partial charge in [0.2, 0.25) is 5.91 Å². The minimum Gasteiger partial charge on any atom is -0.468 e. The van der Waals surface area contributed by atoms with E-state index in [1.165, 1.54) is 31.4 Å². The number of nitrogens with zero attached hydrogens (tertiary/aromatic N) is 1. The summed E-state index contributed by atoms with van der Waals surface area (Å²) in [4.78, 5) is 45.7. The molecule has 2 amide bonds. The van der Waals surface area contributed by atoms with E-state index in [2.05, 4.69) is 15.4 Å². The smallest absolute Gasteiger partial charge is 0.408 e. The lowest BCUT2D eigenvalue weighted by atomic mass is 10.0. The predicted octanol–water partition coefficient (Wildman–Crippen LogP) is 1.32. The highest BCUT2D eigenvalue weighted by Gasteiger charge is 2.25. The quantitative estimate of drug-likeness (QED) is 0.413. The summed E-state index contributed by atoms with van der Waals surface area (Å²) in [5, 5.41) is 15.5. The first kappa shape index (κ1) is 21.9. The summed E-state index contributed by atoms with van der Waals surface area (Å²) < 4.78 is 9.59. The van der Waals surface area contributed by atoms with Crippen molar-refractivity contribution in [3.63, 3.8) is 0 Å². The fourth-order valence-corrected chi connectivity index (χ4v) is 2.00. The summed E-state index contributed by atoms with van der Waals surface area (Å²) in [6.45, 7) is 4.67. The average molecular weight is 381 g/mol. The molecule has 1 atom stereocenters. The third kappa shape index (κ3) is 8.17. The molecule has 0 radical (unpaired) electrons. The minimum absolute atomic E-state index is 0.0459. The minimum atomic E-state index is -1.05. The molecular formula is C17H23N3O7. The van der Waals surface area contributed by atoms with Crippen LogP contribution in [0.1, 0.15) is 26.3 Å². The zero-order chi connectivity index (χ0) is 20.6. The lowest BCUT2D eigenvalue weighted by molar-refractivity contribution is -0.384. The first-order chi connectivity index (χ1) is 12.5. The molecule has 0 saturated heterocycles. The Labute approximate surface area is 156 Å². The van der Waals surface area contributed by atoms with Gasteiger partial charge in [-0.3, -0.25) is 19.7 Å². The number of ether oxygens (including phenoxy) is 2. The van der Waals surface area contributed by atoms with Crippen molar-refractivity contribution in [2.45, 2.75) is 38.8 Å². The van der Waals surface area contributed by atoms with Crippen LogP contribution in [-0.4, -0.2) is 48.2 Å². The van der Waals surface area contributed by atoms with E-state index in [0.717, 1.165) is 0 Å². The normalized spacial score (nSPS) is 11.9. The lowest BCUT2D eigenvalue weighted by Crippen LogP contribution is -2.50. The van der Waals surface area contributed by atoms with Gasteiger partial charge in [0.1, 0.15) is 18.2 Å². The molecule has 1 aromatic rings. The van der Waals surface area contributed by atoms with Crippen LogP contribution in [0.25, 0.3) is 0 Å². The Morgan fingerprint density at radius 1 is 1.19 bits per heavy atom. The Morgan fingerprint density at radius 3 is 2.26 bits per heavy atom. The number of nitro benzene ring substituents is 1. The third-order valence-corrected chi connectivity index (χ3v) is 3.23. The molecule has 0 heterocycles. The molecule has 2 N–H and O–H groups in total. The second-order valence-corrected chi connectivity index (χ2v) is 6.62. The molecule has 10 heteroatoms. The highest BCUT2D eigenvalue weighted by Crippen LogP contribution is 2.14. The Morgan fingerprint density at radius 2 is 1.78 bits per heavy atom. The van der Waals surface area contributed by atoms with Crippen LogP contribution < -0.4 is 10.6 Å². The Bertz CT molecular complexity index is 695. The second kappa shape index (κ2) is 9.51. The van der Waals surface area contributed by atoms with Crippen molar-refractivity contribution in [2.75, 3.05) is 13.7 Å². The van der Waals surface area contributed by atoms with Crippen molar-refractivity contribution < 1.29 is 28.8 Å². The average Bonchev–Trinajstić information content (AvgIpc) is 2.57. The van der Waals surface area contributed by atoms with Crippen molar-refractivity contribution in [3.8, 4) is 0 Å². The molecule has 0 fully saturated rings. The summed E-state index contributed by atoms with van der Waals surface area (Å²) in [6, 6.07) is 4.51. The first-order valence-electron chi connectivity index (χ1n) is 8.09. The van der Waals surface area contributed by atoms with Crippen molar-refractivity contribution in [1.82, 2.24) is 10.6 Å². The molecule has 27 heavy (non-hydrogen) atoms. The third-order valence-electron chi connectivity index (χ3n) is 3.23. The van der Waals surface area contributed by atoms with Crippen molar-refractivity contribution >= 4 is 23.7 Å². The highest BCUT2D eigenvalue weighted by atomic mass is 16.6. The monoisotopic (exact) mass is 381 g/mol. The molecule has 0 aliphatic rings. The Kier molecular flexibility index (Phi) is 7.70. The van der Waals surface area contributed by atoms with E-state index in [4.69, 9.17) is 4.74 Å². The van der Waals surface area contributed by atoms with Gasteiger partial charge in [-0.05, 0) is 26.3 Å². The standard InChI is InChI=1S/C17H23N3O7/c1-17(2,3)27-16(23)19-13(15(22)18-10-14(21)26-4)9-11-5-7-12(8-6-11)20(24)25/h5-8,13H,9-10H2,1-4H3,(H,18,22)(H,19,23). The number of amides is 2. The van der Waals surface area contributed by atoms with Crippen LogP contribution in [0.5, 0.6) is 0 Å². The number of nitrogens with one attached hydrogen (secondary N) is 2. The maximum absolute atomic E-state index is 12.3. The van der Waals surface area contributed by atoms with Crippen molar-refractivity contribution in [2.24, 2.45) is 0 Å². The van der Waals surface area contributed by atoms with Gasteiger partial charge in [-0.25, -0.2) is 4.79 Å². The zero-order valence-electron chi connectivity index (χ0n) is 15.6. The molecule has 0 aliphatic carbocycles. The van der Waals surface area contributed by atoms with Crippen molar-refractivity contribution in [3.05, 3.63) is 39.9 Å². The van der Waals surface area contributed by atoms with E-state index in [9.17, 15) is 24.5 Å². The maximum atomic E-state index is 12.3. The van der Waals surface area contributed by atoms with Gasteiger partial charge in [0, 0.05) is 18.6 Å². The number of hydrogen-bond acceptors (Lipinski definition) is 7. The molecule has 10 nitrogen and oxygen atoms in total. The number of hydrogen-bond donors (Lipinski definition) is 2. The van der Waals surface area contributed by atoms with Crippen LogP contribution >= 0.6 is 0 Å². The van der Waals surface area contributed by atoms with E-state index in [1.54, 1.807) is 20.8 Å². The van der Waals surface area contributed by atoms with Gasteiger partial charge in [0.25, 0.3) is 5.69 Å². The van der Waals surface area contributed by atoms with Crippen LogP contribution in [-0.2, 0) is 25.5 Å². The number of alkyl carbamates (subject to hydrolysis) is 1. The van der Waals surface area contributed by atoms with Crippen LogP contribution in [0.15, 0.2) is 24.3 Å². The number of rotatable bonds is 7. The Balaban J connectivity index is 2.88. The van der Waals surface area contributed by atoms with E-state index in [-0.39, 0.29) is 18.7 Å². The number of esters is 1. The molecule has 0 spiro atoms. The second-order valence-electron chi connectivity index (χ2n) is 6.62. The van der Waals surface area contributed by atoms with E-state index < -0.39 is 34.5 Å². The number of carbonyl (C=O) groups is 3. The molecule has 1 aromatic carbocycles. The number of non-ortho nitro benzene ring substituents is 1. The van der Waals surface area contributed by atoms with Crippen LogP contribution in [0, 0.1) is 10.1 Å². The first-order valence-corrected chi connectivity index (χ1v) is 8.09. The SMILES string of the molecule is COC(=O)CNC(=O)C(Cc1ccc([N+](=O)[O-])cc1)NC(=O)OC(C)(C)C. The van der Waals surface area contributed by atoms with Gasteiger partial charge in [-0.1, -0.05) is 12.1 Å². The fraction of sp³-hybridized carbons (Fsp3) is 0.471. The van der Waals surface area contributed by atoms with E-state index >= 15 is 0 Å². The lowest BCUT2D eigenvalue weighted by Gasteiger charge is -2.23. The van der Waals surface area contributed by atoms with Crippen LogP contribution in [0.4, 0.5) is 10.5 Å². The van der Waals surface area contributed by atoms with E-state index in [1.807, 2.05) is 0 Å². The fourth-order valence-electron chi connectivity index (χ4n) is 2.00. The van der Waals surface area contributed by atoms with Gasteiger partial charge >= 0.3 is 12.1 Å². The summed E-state index contributed by atoms with van der Waals surface area (Å²) in [5.41, 5.74) is -0.273. The molecule has 0 bridgehead atoms. The van der Waals surface area contributed by atoms with Gasteiger partial charge in [0.15, 0.2) is 0 Å². The largest absolute Gasteiger partial charge is 0.468 e. The summed E-state index contributed by atoms with van der Waals surface area (Å²) in [5.74, 6) is -1.26. The van der Waals surface area contributed by atoms with Crippen molar-refractivity contribution in [1.29, 1.82) is 0 Å².